The molecule has 19 heavy (non-hydrogen) atoms. The van der Waals surface area contributed by atoms with Gasteiger partial charge in [0.2, 0.25) is 5.91 Å². The Labute approximate surface area is 114 Å². The second kappa shape index (κ2) is 6.04. The van der Waals surface area contributed by atoms with Crippen LogP contribution in [0.25, 0.3) is 0 Å². The van der Waals surface area contributed by atoms with E-state index in [2.05, 4.69) is 15.5 Å². The van der Waals surface area contributed by atoms with Crippen molar-refractivity contribution in [2.45, 2.75) is 19.9 Å². The zero-order chi connectivity index (χ0) is 13.8. The third kappa shape index (κ3) is 3.45. The highest BCUT2D eigenvalue weighted by atomic mass is 16.2. The number of carbonyl (C=O) groups is 1. The molecule has 1 unspecified atom stereocenters. The molecule has 0 saturated carbocycles. The summed E-state index contributed by atoms with van der Waals surface area (Å²) in [6, 6.07) is 5.48. The molecule has 1 aliphatic rings. The minimum atomic E-state index is -0.121. The molecule has 4 N–H and O–H groups in total. The van der Waals surface area contributed by atoms with Gasteiger partial charge in [0.25, 0.3) is 0 Å². The molecule has 1 fully saturated rings. The first-order valence-electron chi connectivity index (χ1n) is 6.69. The molecule has 1 saturated heterocycles. The lowest BCUT2D eigenvalue weighted by molar-refractivity contribution is -0.120. The Bertz CT molecular complexity index is 455. The Balaban J connectivity index is 1.97. The topological polar surface area (TPSA) is 70.4 Å². The number of anilines is 2. The van der Waals surface area contributed by atoms with Gasteiger partial charge in [-0.05, 0) is 31.5 Å². The van der Waals surface area contributed by atoms with Gasteiger partial charge in [-0.2, -0.15) is 0 Å². The maximum atomic E-state index is 12.2. The third-order valence-electron chi connectivity index (χ3n) is 3.63. The number of hydrogen-bond acceptors (Lipinski definition) is 4. The first-order chi connectivity index (χ1) is 9.08. The number of nitrogens with one attached hydrogen (secondary N) is 2. The van der Waals surface area contributed by atoms with Crippen molar-refractivity contribution in [1.29, 1.82) is 0 Å². The van der Waals surface area contributed by atoms with E-state index in [1.165, 1.54) is 0 Å². The lowest BCUT2D eigenvalue weighted by atomic mass is 10.1. The number of piperazine rings is 1. The number of aryl methyl sites for hydroxylation is 1. The molecule has 1 aromatic carbocycles. The standard InChI is InChI=1S/C14H22N4O/c1-10-3-4-12(9-13(10)15)17-14(19)11(2)18-7-5-16-6-8-18/h3-4,9,11,16H,5-8,15H2,1-2H3,(H,17,19). The van der Waals surface area contributed by atoms with Crippen LogP contribution in [0, 0.1) is 6.92 Å². The Morgan fingerprint density at radius 3 is 2.74 bits per heavy atom. The number of nitrogen functional groups attached to an aromatic ring is 1. The molecule has 1 amide bonds. The first kappa shape index (κ1) is 13.8. The Morgan fingerprint density at radius 1 is 1.42 bits per heavy atom. The van der Waals surface area contributed by atoms with E-state index in [0.29, 0.717) is 5.69 Å². The SMILES string of the molecule is Cc1ccc(NC(=O)C(C)N2CCNCC2)cc1N. The molecule has 0 bridgehead atoms. The third-order valence-corrected chi connectivity index (χ3v) is 3.63. The van der Waals surface area contributed by atoms with Gasteiger partial charge < -0.3 is 16.4 Å². The van der Waals surface area contributed by atoms with Crippen LogP contribution in [0.5, 0.6) is 0 Å². The number of rotatable bonds is 3. The predicted octanol–water partition coefficient (Wildman–Crippen LogP) is 0.809. The second-order valence-electron chi connectivity index (χ2n) is 5.02. The molecule has 104 valence electrons. The monoisotopic (exact) mass is 262 g/mol. The molecule has 1 aromatic rings. The molecule has 1 atom stereocenters. The van der Waals surface area contributed by atoms with Crippen LogP contribution >= 0.6 is 0 Å². The van der Waals surface area contributed by atoms with Crippen molar-refractivity contribution in [3.8, 4) is 0 Å². The Kier molecular flexibility index (Phi) is 4.39. The molecule has 0 aliphatic carbocycles. The van der Waals surface area contributed by atoms with Gasteiger partial charge >= 0.3 is 0 Å². The van der Waals surface area contributed by atoms with E-state index >= 15 is 0 Å². The van der Waals surface area contributed by atoms with Gasteiger partial charge in [0.05, 0.1) is 6.04 Å². The maximum absolute atomic E-state index is 12.2. The van der Waals surface area contributed by atoms with Crippen molar-refractivity contribution < 1.29 is 4.79 Å². The van der Waals surface area contributed by atoms with Crippen LogP contribution in [-0.2, 0) is 4.79 Å². The molecular weight excluding hydrogens is 240 g/mol. The molecule has 1 heterocycles. The summed E-state index contributed by atoms with van der Waals surface area (Å²) in [5.74, 6) is 0.0187. The van der Waals surface area contributed by atoms with Crippen LogP contribution in [0.1, 0.15) is 12.5 Å². The van der Waals surface area contributed by atoms with Crippen molar-refractivity contribution in [3.63, 3.8) is 0 Å². The van der Waals surface area contributed by atoms with E-state index in [9.17, 15) is 4.79 Å². The minimum Gasteiger partial charge on any atom is -0.398 e. The van der Waals surface area contributed by atoms with Gasteiger partial charge in [0, 0.05) is 37.6 Å². The highest BCUT2D eigenvalue weighted by Gasteiger charge is 2.22. The number of nitrogens with zero attached hydrogens (tertiary/aromatic N) is 1. The van der Waals surface area contributed by atoms with Crippen LogP contribution in [0.4, 0.5) is 11.4 Å². The van der Waals surface area contributed by atoms with Crippen LogP contribution in [0.3, 0.4) is 0 Å². The molecular formula is C14H22N4O. The quantitative estimate of drug-likeness (QED) is 0.705. The smallest absolute Gasteiger partial charge is 0.241 e. The van der Waals surface area contributed by atoms with E-state index in [1.54, 1.807) is 6.07 Å². The largest absolute Gasteiger partial charge is 0.398 e. The lowest BCUT2D eigenvalue weighted by Gasteiger charge is -2.31. The summed E-state index contributed by atoms with van der Waals surface area (Å²) < 4.78 is 0. The van der Waals surface area contributed by atoms with Gasteiger partial charge in [-0.1, -0.05) is 6.07 Å². The van der Waals surface area contributed by atoms with Crippen LogP contribution in [-0.4, -0.2) is 43.0 Å². The van der Waals surface area contributed by atoms with E-state index in [-0.39, 0.29) is 11.9 Å². The van der Waals surface area contributed by atoms with Gasteiger partial charge in [-0.25, -0.2) is 0 Å². The molecule has 5 nitrogen and oxygen atoms in total. The van der Waals surface area contributed by atoms with Crippen LogP contribution in [0.2, 0.25) is 0 Å². The predicted molar refractivity (Wildman–Crippen MR) is 78.1 cm³/mol. The first-order valence-corrected chi connectivity index (χ1v) is 6.69. The summed E-state index contributed by atoms with van der Waals surface area (Å²) in [5.41, 5.74) is 8.33. The van der Waals surface area contributed by atoms with E-state index < -0.39 is 0 Å². The Hall–Kier alpha value is -1.59. The number of amides is 1. The lowest BCUT2D eigenvalue weighted by Crippen LogP contribution is -2.51. The zero-order valence-corrected chi connectivity index (χ0v) is 11.6. The molecule has 1 aliphatic heterocycles. The second-order valence-corrected chi connectivity index (χ2v) is 5.02. The summed E-state index contributed by atoms with van der Waals surface area (Å²) in [5, 5.41) is 6.21. The fourth-order valence-electron chi connectivity index (χ4n) is 2.20. The Morgan fingerprint density at radius 2 is 2.11 bits per heavy atom. The minimum absolute atomic E-state index is 0.0187. The molecule has 0 radical (unpaired) electrons. The summed E-state index contributed by atoms with van der Waals surface area (Å²) in [6.07, 6.45) is 0. The van der Waals surface area contributed by atoms with E-state index in [1.807, 2.05) is 26.0 Å². The summed E-state index contributed by atoms with van der Waals surface area (Å²) in [7, 11) is 0. The van der Waals surface area contributed by atoms with Gasteiger partial charge in [0.1, 0.15) is 0 Å². The normalized spacial score (nSPS) is 18.0. The average Bonchev–Trinajstić information content (AvgIpc) is 2.43. The summed E-state index contributed by atoms with van der Waals surface area (Å²) >= 11 is 0. The molecule has 5 heteroatoms. The number of carbonyl (C=O) groups excluding carboxylic acids is 1. The van der Waals surface area contributed by atoms with Crippen molar-refractivity contribution >= 4 is 17.3 Å². The van der Waals surface area contributed by atoms with Crippen LogP contribution < -0.4 is 16.4 Å². The fraction of sp³-hybridized carbons (Fsp3) is 0.500. The van der Waals surface area contributed by atoms with E-state index in [0.717, 1.165) is 37.4 Å². The van der Waals surface area contributed by atoms with E-state index in [4.69, 9.17) is 5.73 Å². The molecule has 0 spiro atoms. The van der Waals surface area contributed by atoms with Crippen LogP contribution in [0.15, 0.2) is 18.2 Å². The zero-order valence-electron chi connectivity index (χ0n) is 11.6. The highest BCUT2D eigenvalue weighted by Crippen LogP contribution is 2.17. The average molecular weight is 262 g/mol. The van der Waals surface area contributed by atoms with Crippen molar-refractivity contribution in [1.82, 2.24) is 10.2 Å². The number of hydrogen-bond donors (Lipinski definition) is 3. The fourth-order valence-corrected chi connectivity index (χ4v) is 2.20. The van der Waals surface area contributed by atoms with Crippen molar-refractivity contribution in [2.75, 3.05) is 37.2 Å². The maximum Gasteiger partial charge on any atom is 0.241 e. The number of benzene rings is 1. The van der Waals surface area contributed by atoms with Crippen molar-refractivity contribution in [2.24, 2.45) is 0 Å². The highest BCUT2D eigenvalue weighted by molar-refractivity contribution is 5.95. The summed E-state index contributed by atoms with van der Waals surface area (Å²) in [4.78, 5) is 14.4. The van der Waals surface area contributed by atoms with Gasteiger partial charge in [-0.3, -0.25) is 9.69 Å². The van der Waals surface area contributed by atoms with Crippen molar-refractivity contribution in [3.05, 3.63) is 23.8 Å². The van der Waals surface area contributed by atoms with Gasteiger partial charge in [0.15, 0.2) is 0 Å². The molecule has 0 aromatic heterocycles. The molecule has 2 rings (SSSR count). The number of nitrogens with two attached hydrogens (primary N) is 1. The van der Waals surface area contributed by atoms with Gasteiger partial charge in [-0.15, -0.1) is 0 Å². The summed E-state index contributed by atoms with van der Waals surface area (Å²) in [6.45, 7) is 7.59.